The van der Waals surface area contributed by atoms with Crippen LogP contribution in [0.1, 0.15) is 57.1 Å². The predicted octanol–water partition coefficient (Wildman–Crippen LogP) is 4.31. The van der Waals surface area contributed by atoms with Crippen molar-refractivity contribution in [1.82, 2.24) is 10.6 Å². The molecule has 0 bridgehead atoms. The number of benzene rings is 2. The van der Waals surface area contributed by atoms with Crippen LogP contribution in [0.4, 0.5) is 4.79 Å². The summed E-state index contributed by atoms with van der Waals surface area (Å²) in [6.07, 6.45) is 0.757. The van der Waals surface area contributed by atoms with E-state index in [1.165, 1.54) is 0 Å². The molecule has 0 fully saturated rings. The second kappa shape index (κ2) is 10.5. The van der Waals surface area contributed by atoms with Gasteiger partial charge in [0, 0.05) is 12.5 Å². The number of hydrogen-bond acceptors (Lipinski definition) is 4. The highest BCUT2D eigenvalue weighted by Crippen LogP contribution is 2.44. The number of carboxylic acid groups (broad SMARTS) is 1. The quantitative estimate of drug-likeness (QED) is 0.466. The Morgan fingerprint density at radius 3 is 2.18 bits per heavy atom. The third-order valence-corrected chi connectivity index (χ3v) is 6.45. The van der Waals surface area contributed by atoms with Gasteiger partial charge in [0.25, 0.3) is 0 Å². The third kappa shape index (κ3) is 5.53. The first-order chi connectivity index (χ1) is 15.8. The van der Waals surface area contributed by atoms with Crippen LogP contribution in [0.5, 0.6) is 0 Å². The Labute approximate surface area is 194 Å². The van der Waals surface area contributed by atoms with Gasteiger partial charge in [-0.05, 0) is 48.4 Å². The van der Waals surface area contributed by atoms with Gasteiger partial charge in [-0.15, -0.1) is 0 Å². The fraction of sp³-hybridized carbons (Fsp3) is 0.423. The van der Waals surface area contributed by atoms with Gasteiger partial charge in [-0.2, -0.15) is 0 Å². The molecule has 0 aliphatic heterocycles. The Bertz CT molecular complexity index is 976. The van der Waals surface area contributed by atoms with E-state index in [1.54, 1.807) is 13.8 Å². The average molecular weight is 453 g/mol. The smallest absolute Gasteiger partial charge is 0.408 e. The van der Waals surface area contributed by atoms with Crippen LogP contribution in [0, 0.1) is 5.92 Å². The largest absolute Gasteiger partial charge is 0.481 e. The molecular weight excluding hydrogens is 420 g/mol. The Morgan fingerprint density at radius 1 is 1.06 bits per heavy atom. The van der Waals surface area contributed by atoms with Crippen LogP contribution in [-0.2, 0) is 14.3 Å². The molecule has 2 amide bonds. The zero-order valence-corrected chi connectivity index (χ0v) is 19.4. The van der Waals surface area contributed by atoms with Crippen LogP contribution in [-0.4, -0.2) is 41.8 Å². The van der Waals surface area contributed by atoms with Crippen molar-refractivity contribution in [2.75, 3.05) is 13.2 Å². The number of ether oxygens (including phenoxy) is 1. The first kappa shape index (κ1) is 24.3. The highest BCUT2D eigenvalue weighted by Gasteiger charge is 2.34. The molecule has 1 aliphatic carbocycles. The van der Waals surface area contributed by atoms with Crippen LogP contribution in [0.15, 0.2) is 48.5 Å². The number of carbonyl (C=O) groups excluding carboxylic acids is 2. The highest BCUT2D eigenvalue weighted by molar-refractivity contribution is 5.89. The van der Waals surface area contributed by atoms with Gasteiger partial charge < -0.3 is 20.5 Å². The summed E-state index contributed by atoms with van der Waals surface area (Å²) in [5.41, 5.74) is 3.42. The topological polar surface area (TPSA) is 105 Å². The molecule has 0 saturated carbocycles. The summed E-state index contributed by atoms with van der Waals surface area (Å²) in [5, 5.41) is 14.5. The Balaban J connectivity index is 1.56. The molecule has 2 atom stereocenters. The number of carboxylic acids is 1. The van der Waals surface area contributed by atoms with E-state index in [9.17, 15) is 14.4 Å². The van der Waals surface area contributed by atoms with Crippen molar-refractivity contribution >= 4 is 18.0 Å². The lowest BCUT2D eigenvalue weighted by Crippen LogP contribution is -2.56. The number of amides is 2. The molecular formula is C26H32N2O5. The van der Waals surface area contributed by atoms with Crippen molar-refractivity contribution in [1.29, 1.82) is 0 Å². The molecule has 176 valence electrons. The van der Waals surface area contributed by atoms with Gasteiger partial charge in [-0.1, -0.05) is 62.4 Å². The first-order valence-electron chi connectivity index (χ1n) is 11.4. The number of alkyl carbamates (subject to hydrolysis) is 1. The summed E-state index contributed by atoms with van der Waals surface area (Å²) < 4.78 is 5.58. The minimum absolute atomic E-state index is 0.0546. The number of rotatable bonds is 10. The van der Waals surface area contributed by atoms with Crippen molar-refractivity contribution in [3.8, 4) is 11.1 Å². The fourth-order valence-electron chi connectivity index (χ4n) is 4.09. The normalized spacial score (nSPS) is 15.0. The van der Waals surface area contributed by atoms with E-state index in [1.807, 2.05) is 31.2 Å². The second-order valence-electron chi connectivity index (χ2n) is 8.77. The molecule has 1 aliphatic rings. The van der Waals surface area contributed by atoms with E-state index in [0.717, 1.165) is 22.3 Å². The second-order valence-corrected chi connectivity index (χ2v) is 8.77. The zero-order valence-electron chi connectivity index (χ0n) is 19.4. The monoisotopic (exact) mass is 452 g/mol. The molecule has 2 unspecified atom stereocenters. The lowest BCUT2D eigenvalue weighted by molar-refractivity contribution is -0.141. The van der Waals surface area contributed by atoms with E-state index in [-0.39, 0.29) is 18.4 Å². The van der Waals surface area contributed by atoms with Gasteiger partial charge in [-0.3, -0.25) is 9.59 Å². The van der Waals surface area contributed by atoms with E-state index in [0.29, 0.717) is 25.8 Å². The number of nitrogens with one attached hydrogen (secondary N) is 2. The summed E-state index contributed by atoms with van der Waals surface area (Å²) in [5.74, 6) is -1.68. The summed E-state index contributed by atoms with van der Waals surface area (Å²) in [4.78, 5) is 36.2. The van der Waals surface area contributed by atoms with E-state index in [2.05, 4.69) is 34.9 Å². The zero-order chi connectivity index (χ0) is 24.0. The lowest BCUT2D eigenvalue weighted by atomic mass is 9.97. The minimum atomic E-state index is -1.12. The van der Waals surface area contributed by atoms with Gasteiger partial charge in [0.15, 0.2) is 0 Å². The third-order valence-electron chi connectivity index (χ3n) is 6.45. The van der Waals surface area contributed by atoms with Gasteiger partial charge in [0.05, 0.1) is 5.92 Å². The van der Waals surface area contributed by atoms with E-state index < -0.39 is 23.5 Å². The molecule has 0 saturated heterocycles. The molecule has 3 N–H and O–H groups in total. The minimum Gasteiger partial charge on any atom is -0.481 e. The van der Waals surface area contributed by atoms with Gasteiger partial charge in [-0.25, -0.2) is 4.79 Å². The number of aliphatic carboxylic acids is 1. The summed E-state index contributed by atoms with van der Waals surface area (Å²) in [7, 11) is 0. The van der Waals surface area contributed by atoms with Crippen molar-refractivity contribution in [2.45, 2.75) is 51.5 Å². The summed E-state index contributed by atoms with van der Waals surface area (Å²) >= 11 is 0. The molecule has 0 heterocycles. The van der Waals surface area contributed by atoms with Crippen LogP contribution in [0.2, 0.25) is 0 Å². The predicted molar refractivity (Wildman–Crippen MR) is 126 cm³/mol. The molecule has 0 radical (unpaired) electrons. The first-order valence-corrected chi connectivity index (χ1v) is 11.4. The lowest BCUT2D eigenvalue weighted by Gasteiger charge is -2.28. The maximum absolute atomic E-state index is 12.7. The molecule has 3 rings (SSSR count). The molecule has 0 aromatic heterocycles. The van der Waals surface area contributed by atoms with Gasteiger partial charge in [0.1, 0.15) is 12.1 Å². The van der Waals surface area contributed by atoms with Gasteiger partial charge >= 0.3 is 12.1 Å². The van der Waals surface area contributed by atoms with Crippen LogP contribution < -0.4 is 10.6 Å². The molecule has 2 aromatic rings. The maximum atomic E-state index is 12.7. The Morgan fingerprint density at radius 2 is 1.64 bits per heavy atom. The van der Waals surface area contributed by atoms with Crippen molar-refractivity contribution in [2.24, 2.45) is 5.92 Å². The molecule has 7 nitrogen and oxygen atoms in total. The Hall–Kier alpha value is -3.35. The van der Waals surface area contributed by atoms with Gasteiger partial charge in [0.2, 0.25) is 5.91 Å². The maximum Gasteiger partial charge on any atom is 0.408 e. The van der Waals surface area contributed by atoms with Crippen molar-refractivity contribution < 1.29 is 24.2 Å². The molecule has 2 aromatic carbocycles. The van der Waals surface area contributed by atoms with E-state index in [4.69, 9.17) is 9.84 Å². The van der Waals surface area contributed by atoms with Crippen LogP contribution in [0.3, 0.4) is 0 Å². The highest BCUT2D eigenvalue weighted by atomic mass is 16.5. The Kier molecular flexibility index (Phi) is 7.74. The fourth-order valence-corrected chi connectivity index (χ4v) is 4.09. The average Bonchev–Trinajstić information content (AvgIpc) is 3.13. The molecule has 33 heavy (non-hydrogen) atoms. The molecule has 0 spiro atoms. The summed E-state index contributed by atoms with van der Waals surface area (Å²) in [6.45, 7) is 5.63. The van der Waals surface area contributed by atoms with Crippen molar-refractivity contribution in [3.05, 3.63) is 59.7 Å². The van der Waals surface area contributed by atoms with Crippen LogP contribution >= 0.6 is 0 Å². The summed E-state index contributed by atoms with van der Waals surface area (Å²) in [6, 6.07) is 16.2. The molecule has 7 heteroatoms. The number of hydrogen-bond donors (Lipinski definition) is 3. The number of carbonyl (C=O) groups is 3. The SMILES string of the molecule is CCC(C)(NC(=O)OCC1c2ccccc2-c2ccccc21)C(=O)NCCCC(C)C(=O)O. The van der Waals surface area contributed by atoms with Crippen LogP contribution in [0.25, 0.3) is 11.1 Å². The van der Waals surface area contributed by atoms with Crippen molar-refractivity contribution in [3.63, 3.8) is 0 Å². The van der Waals surface area contributed by atoms with E-state index >= 15 is 0 Å². The standard InChI is InChI=1S/C26H32N2O5/c1-4-26(3,24(31)27-15-9-10-17(2)23(29)30)28-25(32)33-16-22-20-13-7-5-11-18(20)19-12-6-8-14-21(19)22/h5-8,11-14,17,22H,4,9-10,15-16H2,1-3H3,(H,27,31)(H,28,32)(H,29,30). The number of fused-ring (bicyclic) bond motifs is 3.